The molecule has 29 heavy (non-hydrogen) atoms. The number of benzene rings is 1. The first-order valence-corrected chi connectivity index (χ1v) is 9.53. The molecule has 1 aliphatic carbocycles. The maximum Gasteiger partial charge on any atom is 0.210 e. The molecule has 2 atom stereocenters. The summed E-state index contributed by atoms with van der Waals surface area (Å²) < 4.78 is 22.2. The second kappa shape index (κ2) is 5.97. The third kappa shape index (κ3) is 2.48. The Kier molecular flexibility index (Phi) is 3.38. The summed E-state index contributed by atoms with van der Waals surface area (Å²) in [6.07, 6.45) is 6.30. The van der Waals surface area contributed by atoms with Crippen molar-refractivity contribution in [2.45, 2.75) is 31.9 Å². The lowest BCUT2D eigenvalue weighted by Crippen LogP contribution is -2.10. The molecule has 144 valence electrons. The smallest absolute Gasteiger partial charge is 0.210 e. The van der Waals surface area contributed by atoms with Gasteiger partial charge in [-0.15, -0.1) is 10.2 Å². The molecule has 0 radical (unpaired) electrons. The van der Waals surface area contributed by atoms with Crippen molar-refractivity contribution >= 4 is 11.6 Å². The summed E-state index contributed by atoms with van der Waals surface area (Å²) in [5, 5.41) is 11.6. The first kappa shape index (κ1) is 16.4. The average Bonchev–Trinajstić information content (AvgIpc) is 3.14. The summed E-state index contributed by atoms with van der Waals surface area (Å²) in [5.74, 6) is 1.44. The Bertz CT molecular complexity index is 1270. The number of aromatic nitrogens is 5. The van der Waals surface area contributed by atoms with Gasteiger partial charge in [0.05, 0.1) is 0 Å². The molecule has 0 spiro atoms. The molecule has 8 heteroatoms. The highest BCUT2D eigenvalue weighted by Gasteiger charge is 2.49. The number of fused-ring (bicyclic) bond motifs is 4. The Morgan fingerprint density at radius 2 is 2.17 bits per heavy atom. The summed E-state index contributed by atoms with van der Waals surface area (Å²) in [4.78, 5) is 8.90. The van der Waals surface area contributed by atoms with Crippen LogP contribution in [0.15, 0.2) is 43.0 Å². The van der Waals surface area contributed by atoms with E-state index in [2.05, 4.69) is 25.5 Å². The zero-order chi connectivity index (χ0) is 19.5. The van der Waals surface area contributed by atoms with E-state index in [9.17, 15) is 4.39 Å². The van der Waals surface area contributed by atoms with Crippen molar-refractivity contribution < 1.29 is 9.13 Å². The van der Waals surface area contributed by atoms with Crippen molar-refractivity contribution in [3.63, 3.8) is 0 Å². The first-order valence-electron chi connectivity index (χ1n) is 9.53. The SMILES string of the molecule is Cc1ncccc1-c1cnc(NCc2c(F)ccc3c2[C@H]2CC2O3)n2cnnc12. The van der Waals surface area contributed by atoms with Crippen LogP contribution in [0.4, 0.5) is 10.3 Å². The zero-order valence-corrected chi connectivity index (χ0v) is 15.6. The normalized spacial score (nSPS) is 19.0. The molecule has 7 nitrogen and oxygen atoms in total. The van der Waals surface area contributed by atoms with Crippen LogP contribution in [0.3, 0.4) is 0 Å². The predicted molar refractivity (Wildman–Crippen MR) is 104 cm³/mol. The maximum atomic E-state index is 14.6. The number of pyridine rings is 1. The summed E-state index contributed by atoms with van der Waals surface area (Å²) in [6, 6.07) is 7.06. The summed E-state index contributed by atoms with van der Waals surface area (Å²) in [7, 11) is 0. The highest BCUT2D eigenvalue weighted by molar-refractivity contribution is 5.78. The van der Waals surface area contributed by atoms with Gasteiger partial charge in [-0.1, -0.05) is 6.07 Å². The van der Waals surface area contributed by atoms with E-state index in [0.29, 0.717) is 29.6 Å². The van der Waals surface area contributed by atoms with E-state index in [1.54, 1.807) is 29.2 Å². The van der Waals surface area contributed by atoms with E-state index in [4.69, 9.17) is 4.74 Å². The van der Waals surface area contributed by atoms with Crippen molar-refractivity contribution in [1.82, 2.24) is 24.6 Å². The predicted octanol–water partition coefficient (Wildman–Crippen LogP) is 3.49. The fraction of sp³-hybridized carbons (Fsp3) is 0.238. The van der Waals surface area contributed by atoms with Gasteiger partial charge in [-0.2, -0.15) is 0 Å². The van der Waals surface area contributed by atoms with Crippen LogP contribution in [0.5, 0.6) is 5.75 Å². The molecule has 1 aliphatic heterocycles. The molecule has 1 saturated carbocycles. The van der Waals surface area contributed by atoms with Crippen LogP contribution >= 0.6 is 0 Å². The van der Waals surface area contributed by atoms with E-state index in [-0.39, 0.29) is 11.9 Å². The van der Waals surface area contributed by atoms with Gasteiger partial charge in [-0.25, -0.2) is 9.37 Å². The monoisotopic (exact) mass is 388 g/mol. The fourth-order valence-corrected chi connectivity index (χ4v) is 4.15. The molecule has 4 heterocycles. The van der Waals surface area contributed by atoms with Gasteiger partial charge in [-0.05, 0) is 31.5 Å². The molecule has 3 aromatic heterocycles. The number of nitrogens with zero attached hydrogens (tertiary/aromatic N) is 5. The van der Waals surface area contributed by atoms with Gasteiger partial charge in [0.2, 0.25) is 5.95 Å². The number of halogens is 1. The van der Waals surface area contributed by atoms with E-state index in [1.165, 1.54) is 6.07 Å². The third-order valence-electron chi connectivity index (χ3n) is 5.69. The lowest BCUT2D eigenvalue weighted by molar-refractivity contribution is 0.318. The Labute approximate surface area is 165 Å². The van der Waals surface area contributed by atoms with Crippen molar-refractivity contribution in [2.75, 3.05) is 5.32 Å². The molecule has 0 bridgehead atoms. The van der Waals surface area contributed by atoms with Crippen molar-refractivity contribution in [1.29, 1.82) is 0 Å². The maximum absolute atomic E-state index is 14.6. The largest absolute Gasteiger partial charge is 0.489 e. The van der Waals surface area contributed by atoms with Gasteiger partial charge in [0.1, 0.15) is 24.0 Å². The summed E-state index contributed by atoms with van der Waals surface area (Å²) in [5.41, 5.74) is 4.99. The number of hydrogen-bond acceptors (Lipinski definition) is 6. The highest BCUT2D eigenvalue weighted by atomic mass is 19.1. The number of aryl methyl sites for hydroxylation is 1. The van der Waals surface area contributed by atoms with Gasteiger partial charge < -0.3 is 10.1 Å². The number of hydrogen-bond donors (Lipinski definition) is 1. The number of nitrogens with one attached hydrogen (secondary N) is 1. The van der Waals surface area contributed by atoms with Gasteiger partial charge in [0.25, 0.3) is 0 Å². The van der Waals surface area contributed by atoms with Gasteiger partial charge >= 0.3 is 0 Å². The second-order valence-electron chi connectivity index (χ2n) is 7.45. The van der Waals surface area contributed by atoms with Crippen molar-refractivity contribution in [2.24, 2.45) is 0 Å². The molecule has 1 N–H and O–H groups in total. The summed E-state index contributed by atoms with van der Waals surface area (Å²) >= 11 is 0. The van der Waals surface area contributed by atoms with Crippen LogP contribution in [0.2, 0.25) is 0 Å². The van der Waals surface area contributed by atoms with Gasteiger partial charge in [0, 0.05) is 52.8 Å². The molecule has 4 aromatic rings. The van der Waals surface area contributed by atoms with Crippen LogP contribution in [0.1, 0.15) is 29.2 Å². The lowest BCUT2D eigenvalue weighted by atomic mass is 10.0. The molecule has 1 unspecified atom stereocenters. The molecule has 1 aromatic carbocycles. The van der Waals surface area contributed by atoms with Crippen molar-refractivity contribution in [3.8, 4) is 16.9 Å². The Morgan fingerprint density at radius 1 is 1.24 bits per heavy atom. The number of anilines is 1. The van der Waals surface area contributed by atoms with E-state index < -0.39 is 0 Å². The first-order chi connectivity index (χ1) is 14.2. The molecular formula is C21H17FN6O. The van der Waals surface area contributed by atoms with Gasteiger partial charge in [-0.3, -0.25) is 9.38 Å². The van der Waals surface area contributed by atoms with Crippen LogP contribution in [0.25, 0.3) is 16.8 Å². The number of rotatable bonds is 4. The second-order valence-corrected chi connectivity index (χ2v) is 7.45. The van der Waals surface area contributed by atoms with Crippen LogP contribution in [-0.4, -0.2) is 30.7 Å². The molecule has 0 amide bonds. The van der Waals surface area contributed by atoms with E-state index in [1.807, 2.05) is 19.1 Å². The zero-order valence-electron chi connectivity index (χ0n) is 15.6. The van der Waals surface area contributed by atoms with Crippen LogP contribution in [0, 0.1) is 12.7 Å². The van der Waals surface area contributed by atoms with E-state index in [0.717, 1.165) is 34.6 Å². The highest BCUT2D eigenvalue weighted by Crippen LogP contribution is 2.55. The average molecular weight is 388 g/mol. The van der Waals surface area contributed by atoms with Crippen molar-refractivity contribution in [3.05, 3.63) is 65.6 Å². The quantitative estimate of drug-likeness (QED) is 0.577. The molecule has 6 rings (SSSR count). The van der Waals surface area contributed by atoms with E-state index >= 15 is 0 Å². The standard InChI is InChI=1S/C21H17FN6O/c1-11-12(3-2-6-23-11)14-8-24-21(28-10-26-27-20(14)28)25-9-15-16(22)4-5-17-19(15)13-7-18(13)29-17/h2-6,8,10,13,18H,7,9H2,1H3,(H,24,25)/t13-,18?/m0/s1. The molecule has 2 aliphatic rings. The topological polar surface area (TPSA) is 77.2 Å². The molecule has 0 saturated heterocycles. The Balaban J connectivity index is 1.37. The van der Waals surface area contributed by atoms with Crippen LogP contribution in [-0.2, 0) is 6.54 Å². The minimum atomic E-state index is -0.227. The minimum absolute atomic E-state index is 0.218. The van der Waals surface area contributed by atoms with Gasteiger partial charge in [0.15, 0.2) is 5.65 Å². The lowest BCUT2D eigenvalue weighted by Gasteiger charge is -2.14. The molecule has 1 fully saturated rings. The Morgan fingerprint density at radius 3 is 3.07 bits per heavy atom. The van der Waals surface area contributed by atoms with Crippen LogP contribution < -0.4 is 10.1 Å². The minimum Gasteiger partial charge on any atom is -0.489 e. The molecular weight excluding hydrogens is 371 g/mol. The fourth-order valence-electron chi connectivity index (χ4n) is 4.15. The number of ether oxygens (including phenoxy) is 1. The third-order valence-corrected chi connectivity index (χ3v) is 5.69. The Hall–Kier alpha value is -3.55. The summed E-state index contributed by atoms with van der Waals surface area (Å²) in [6.45, 7) is 2.26.